The van der Waals surface area contributed by atoms with Gasteiger partial charge in [-0.15, -0.1) is 10.2 Å². The smallest absolute Gasteiger partial charge is 0.230 e. The number of unbranched alkanes of at least 4 members (excludes halogenated alkanes) is 2. The first kappa shape index (κ1) is 20.8. The molecule has 1 atom stereocenters. The van der Waals surface area contributed by atoms with Crippen LogP contribution in [0.25, 0.3) is 11.4 Å². The molecule has 1 amide bonds. The second-order valence-electron chi connectivity index (χ2n) is 6.31. The van der Waals surface area contributed by atoms with Gasteiger partial charge in [0.15, 0.2) is 11.0 Å². The second-order valence-corrected chi connectivity index (χ2v) is 7.69. The van der Waals surface area contributed by atoms with Gasteiger partial charge in [0.25, 0.3) is 0 Å². The number of hydrogen-bond acceptors (Lipinski definition) is 4. The van der Waals surface area contributed by atoms with Crippen LogP contribution in [-0.4, -0.2) is 32.5 Å². The summed E-state index contributed by atoms with van der Waals surface area (Å²) >= 11 is 7.49. The summed E-state index contributed by atoms with van der Waals surface area (Å²) in [7, 11) is 0. The third kappa shape index (κ3) is 6.02. The maximum atomic E-state index is 12.2. The number of thioether (sulfide) groups is 1. The Morgan fingerprint density at radius 1 is 1.31 bits per heavy atom. The molecular formula is C19H27ClN4OS. The Morgan fingerprint density at radius 3 is 2.81 bits per heavy atom. The number of hydrogen-bond donors (Lipinski definition) is 1. The molecule has 0 aliphatic rings. The molecule has 1 heterocycles. The van der Waals surface area contributed by atoms with Crippen molar-refractivity contribution in [2.24, 2.45) is 0 Å². The molecule has 0 saturated carbocycles. The van der Waals surface area contributed by atoms with Crippen LogP contribution in [0.4, 0.5) is 0 Å². The zero-order valence-corrected chi connectivity index (χ0v) is 17.2. The van der Waals surface area contributed by atoms with E-state index in [0.717, 1.165) is 35.9 Å². The standard InChI is InChI=1S/C19H27ClN4OS/c1-4-6-7-9-14(3)21-17(25)13-26-19-23-22-18(24(19)5-2)15-10-8-11-16(20)12-15/h8,10-12,14H,4-7,9,13H2,1-3H3,(H,21,25). The maximum Gasteiger partial charge on any atom is 0.230 e. The van der Waals surface area contributed by atoms with Crippen LogP contribution in [-0.2, 0) is 11.3 Å². The summed E-state index contributed by atoms with van der Waals surface area (Å²) in [4.78, 5) is 12.2. The highest BCUT2D eigenvalue weighted by atomic mass is 35.5. The summed E-state index contributed by atoms with van der Waals surface area (Å²) in [6, 6.07) is 7.77. The summed E-state index contributed by atoms with van der Waals surface area (Å²) < 4.78 is 2.01. The number of aromatic nitrogens is 3. The van der Waals surface area contributed by atoms with Crippen LogP contribution in [0.5, 0.6) is 0 Å². The highest BCUT2D eigenvalue weighted by molar-refractivity contribution is 7.99. The molecule has 0 fully saturated rings. The predicted molar refractivity (Wildman–Crippen MR) is 109 cm³/mol. The van der Waals surface area contributed by atoms with Gasteiger partial charge in [0, 0.05) is 23.2 Å². The van der Waals surface area contributed by atoms with Gasteiger partial charge < -0.3 is 9.88 Å². The lowest BCUT2D eigenvalue weighted by molar-refractivity contribution is -0.119. The van der Waals surface area contributed by atoms with E-state index in [0.29, 0.717) is 10.8 Å². The molecule has 7 heteroatoms. The monoisotopic (exact) mass is 394 g/mol. The molecule has 0 aliphatic heterocycles. The van der Waals surface area contributed by atoms with Crippen LogP contribution in [0.1, 0.15) is 46.5 Å². The Morgan fingerprint density at radius 2 is 2.12 bits per heavy atom. The van der Waals surface area contributed by atoms with Crippen LogP contribution in [0.15, 0.2) is 29.4 Å². The number of amides is 1. The van der Waals surface area contributed by atoms with Crippen molar-refractivity contribution >= 4 is 29.3 Å². The fourth-order valence-corrected chi connectivity index (χ4v) is 3.74. The molecule has 2 aromatic rings. The lowest BCUT2D eigenvalue weighted by atomic mass is 10.1. The fraction of sp³-hybridized carbons (Fsp3) is 0.526. The van der Waals surface area contributed by atoms with Crippen LogP contribution in [0, 0.1) is 0 Å². The van der Waals surface area contributed by atoms with Gasteiger partial charge in [0.1, 0.15) is 0 Å². The number of carbonyl (C=O) groups is 1. The molecule has 5 nitrogen and oxygen atoms in total. The van der Waals surface area contributed by atoms with E-state index in [1.165, 1.54) is 24.6 Å². The minimum Gasteiger partial charge on any atom is -0.353 e. The van der Waals surface area contributed by atoms with E-state index in [9.17, 15) is 4.79 Å². The zero-order chi connectivity index (χ0) is 18.9. The van der Waals surface area contributed by atoms with Gasteiger partial charge in [0.2, 0.25) is 5.91 Å². The second kappa shape index (κ2) is 10.6. The average Bonchev–Trinajstić information content (AvgIpc) is 3.03. The number of nitrogens with one attached hydrogen (secondary N) is 1. The molecular weight excluding hydrogens is 368 g/mol. The quantitative estimate of drug-likeness (QED) is 0.464. The van der Waals surface area contributed by atoms with Crippen LogP contribution in [0.2, 0.25) is 5.02 Å². The molecule has 0 spiro atoms. The Bertz CT molecular complexity index is 719. The normalized spacial score (nSPS) is 12.2. The summed E-state index contributed by atoms with van der Waals surface area (Å²) in [5, 5.41) is 13.0. The van der Waals surface area contributed by atoms with Crippen molar-refractivity contribution < 1.29 is 4.79 Å². The third-order valence-electron chi connectivity index (χ3n) is 4.10. The molecule has 1 aromatic carbocycles. The average molecular weight is 395 g/mol. The summed E-state index contributed by atoms with van der Waals surface area (Å²) in [6.07, 6.45) is 4.57. The van der Waals surface area contributed by atoms with Crippen molar-refractivity contribution in [3.05, 3.63) is 29.3 Å². The Hall–Kier alpha value is -1.53. The van der Waals surface area contributed by atoms with Gasteiger partial charge in [-0.25, -0.2) is 0 Å². The SMILES string of the molecule is CCCCCC(C)NC(=O)CSc1nnc(-c2cccc(Cl)c2)n1CC. The Kier molecular flexibility index (Phi) is 8.45. The molecule has 0 aliphatic carbocycles. The molecule has 0 bridgehead atoms. The van der Waals surface area contributed by atoms with Gasteiger partial charge in [-0.2, -0.15) is 0 Å². The van der Waals surface area contributed by atoms with Crippen LogP contribution >= 0.6 is 23.4 Å². The topological polar surface area (TPSA) is 59.8 Å². The molecule has 1 N–H and O–H groups in total. The molecule has 0 radical (unpaired) electrons. The summed E-state index contributed by atoms with van der Waals surface area (Å²) in [5.74, 6) is 1.14. The largest absolute Gasteiger partial charge is 0.353 e. The number of benzene rings is 1. The Balaban J connectivity index is 1.95. The van der Waals surface area contributed by atoms with Crippen molar-refractivity contribution in [1.82, 2.24) is 20.1 Å². The predicted octanol–water partition coefficient (Wildman–Crippen LogP) is 4.80. The van der Waals surface area contributed by atoms with E-state index in [-0.39, 0.29) is 11.9 Å². The maximum absolute atomic E-state index is 12.2. The first-order valence-electron chi connectivity index (χ1n) is 9.16. The summed E-state index contributed by atoms with van der Waals surface area (Å²) in [5.41, 5.74) is 0.924. The van der Waals surface area contributed by atoms with E-state index in [1.807, 2.05) is 35.8 Å². The van der Waals surface area contributed by atoms with Crippen LogP contribution in [0.3, 0.4) is 0 Å². The minimum atomic E-state index is 0.0361. The first-order chi connectivity index (χ1) is 12.5. The Labute approximate surface area is 164 Å². The molecule has 26 heavy (non-hydrogen) atoms. The van der Waals surface area contributed by atoms with Gasteiger partial charge in [-0.05, 0) is 32.4 Å². The molecule has 142 valence electrons. The van der Waals surface area contributed by atoms with E-state index >= 15 is 0 Å². The van der Waals surface area contributed by atoms with E-state index in [1.54, 1.807) is 0 Å². The molecule has 0 saturated heterocycles. The van der Waals surface area contributed by atoms with Gasteiger partial charge in [-0.1, -0.05) is 61.7 Å². The molecule has 1 aromatic heterocycles. The van der Waals surface area contributed by atoms with Crippen molar-refractivity contribution in [1.29, 1.82) is 0 Å². The fourth-order valence-electron chi connectivity index (χ4n) is 2.74. The first-order valence-corrected chi connectivity index (χ1v) is 10.5. The van der Waals surface area contributed by atoms with Crippen molar-refractivity contribution in [3.8, 4) is 11.4 Å². The van der Waals surface area contributed by atoms with Crippen molar-refractivity contribution in [2.45, 2.75) is 64.2 Å². The number of rotatable bonds is 10. The van der Waals surface area contributed by atoms with Gasteiger partial charge >= 0.3 is 0 Å². The third-order valence-corrected chi connectivity index (χ3v) is 5.30. The number of halogens is 1. The van der Waals surface area contributed by atoms with E-state index in [2.05, 4.69) is 29.4 Å². The van der Waals surface area contributed by atoms with E-state index in [4.69, 9.17) is 11.6 Å². The van der Waals surface area contributed by atoms with Crippen LogP contribution < -0.4 is 5.32 Å². The number of nitrogens with zero attached hydrogens (tertiary/aromatic N) is 3. The number of carbonyl (C=O) groups excluding carboxylic acids is 1. The van der Waals surface area contributed by atoms with E-state index < -0.39 is 0 Å². The highest BCUT2D eigenvalue weighted by Gasteiger charge is 2.15. The van der Waals surface area contributed by atoms with Crippen molar-refractivity contribution in [3.63, 3.8) is 0 Å². The summed E-state index contributed by atoms with van der Waals surface area (Å²) in [6.45, 7) is 7.01. The lowest BCUT2D eigenvalue weighted by Gasteiger charge is -2.13. The lowest BCUT2D eigenvalue weighted by Crippen LogP contribution is -2.33. The molecule has 2 rings (SSSR count). The zero-order valence-electron chi connectivity index (χ0n) is 15.7. The van der Waals surface area contributed by atoms with Crippen molar-refractivity contribution in [2.75, 3.05) is 5.75 Å². The van der Waals surface area contributed by atoms with Gasteiger partial charge in [0.05, 0.1) is 5.75 Å². The highest BCUT2D eigenvalue weighted by Crippen LogP contribution is 2.25. The minimum absolute atomic E-state index is 0.0361. The molecule has 1 unspecified atom stereocenters. The van der Waals surface area contributed by atoms with Gasteiger partial charge in [-0.3, -0.25) is 4.79 Å².